The van der Waals surface area contributed by atoms with Gasteiger partial charge in [0.25, 0.3) is 0 Å². The molecule has 0 fully saturated rings. The summed E-state index contributed by atoms with van der Waals surface area (Å²) in [5.41, 5.74) is 0.863. The van der Waals surface area contributed by atoms with Crippen molar-refractivity contribution in [1.29, 1.82) is 0 Å². The van der Waals surface area contributed by atoms with Gasteiger partial charge in [0.2, 0.25) is 0 Å². The molecule has 0 amide bonds. The summed E-state index contributed by atoms with van der Waals surface area (Å²) in [6.45, 7) is 3.43. The van der Waals surface area contributed by atoms with E-state index < -0.39 is 9.84 Å². The number of carbonyl (C=O) groups excluding carboxylic acids is 1. The average molecular weight is 240 g/mol. The summed E-state index contributed by atoms with van der Waals surface area (Å²) in [6.07, 6.45) is 0.887. The Morgan fingerprint density at radius 3 is 2.12 bits per heavy atom. The molecule has 1 aromatic carbocycles. The molecule has 1 aromatic rings. The molecule has 0 spiro atoms. The van der Waals surface area contributed by atoms with Gasteiger partial charge in [-0.1, -0.05) is 26.0 Å². The molecule has 0 atom stereocenters. The number of rotatable bonds is 5. The third-order valence-electron chi connectivity index (χ3n) is 2.46. The number of Topliss-reactive ketones (excluding diaryl/α,β-unsaturated/α-hetero) is 1. The van der Waals surface area contributed by atoms with Crippen LogP contribution in [0.5, 0.6) is 0 Å². The first-order valence-electron chi connectivity index (χ1n) is 5.33. The van der Waals surface area contributed by atoms with Crippen molar-refractivity contribution in [2.45, 2.75) is 31.6 Å². The van der Waals surface area contributed by atoms with Gasteiger partial charge < -0.3 is 0 Å². The molecule has 4 heteroatoms. The fraction of sp³-hybridized carbons (Fsp3) is 0.417. The maximum Gasteiger partial charge on any atom is 0.178 e. The van der Waals surface area contributed by atoms with Crippen molar-refractivity contribution in [3.63, 3.8) is 0 Å². The molecule has 0 bridgehead atoms. The van der Waals surface area contributed by atoms with Crippen LogP contribution in [0.2, 0.25) is 0 Å². The van der Waals surface area contributed by atoms with E-state index in [0.717, 1.165) is 5.56 Å². The van der Waals surface area contributed by atoms with Gasteiger partial charge in [-0.2, -0.15) is 0 Å². The Balaban J connectivity index is 2.88. The molecule has 1 rings (SSSR count). The van der Waals surface area contributed by atoms with Crippen molar-refractivity contribution < 1.29 is 13.2 Å². The second-order valence-corrected chi connectivity index (χ2v) is 5.89. The zero-order chi connectivity index (χ0) is 12.2. The van der Waals surface area contributed by atoms with Gasteiger partial charge >= 0.3 is 0 Å². The number of hydrogen-bond acceptors (Lipinski definition) is 3. The smallest absolute Gasteiger partial charge is 0.178 e. The molecule has 88 valence electrons. The van der Waals surface area contributed by atoms with Gasteiger partial charge in [-0.05, 0) is 17.7 Å². The van der Waals surface area contributed by atoms with Crippen LogP contribution < -0.4 is 0 Å². The molecule has 0 saturated carbocycles. The van der Waals surface area contributed by atoms with E-state index in [1.807, 2.05) is 6.92 Å². The zero-order valence-electron chi connectivity index (χ0n) is 9.56. The Labute approximate surface area is 96.4 Å². The normalized spacial score (nSPS) is 11.4. The Bertz CT molecular complexity index is 458. The topological polar surface area (TPSA) is 51.2 Å². The van der Waals surface area contributed by atoms with Gasteiger partial charge in [-0.15, -0.1) is 0 Å². The molecule has 0 unspecified atom stereocenters. The van der Waals surface area contributed by atoms with Gasteiger partial charge in [0, 0.05) is 12.8 Å². The van der Waals surface area contributed by atoms with Gasteiger partial charge in [0.15, 0.2) is 9.84 Å². The van der Waals surface area contributed by atoms with Crippen molar-refractivity contribution >= 4 is 15.6 Å². The first kappa shape index (κ1) is 12.9. The third-order valence-corrected chi connectivity index (χ3v) is 4.21. The SMILES string of the molecule is CCC(=O)Cc1ccc(S(=O)(=O)CC)cc1. The fourth-order valence-electron chi connectivity index (χ4n) is 1.33. The third kappa shape index (κ3) is 3.17. The van der Waals surface area contributed by atoms with E-state index in [2.05, 4.69) is 0 Å². The lowest BCUT2D eigenvalue weighted by molar-refractivity contribution is -0.118. The summed E-state index contributed by atoms with van der Waals surface area (Å²) >= 11 is 0. The van der Waals surface area contributed by atoms with Crippen LogP contribution in [-0.4, -0.2) is 20.0 Å². The van der Waals surface area contributed by atoms with Crippen molar-refractivity contribution in [2.75, 3.05) is 5.75 Å². The van der Waals surface area contributed by atoms with E-state index >= 15 is 0 Å². The molecule has 0 heterocycles. The number of carbonyl (C=O) groups is 1. The van der Waals surface area contributed by atoms with Crippen molar-refractivity contribution in [3.05, 3.63) is 29.8 Å². The minimum absolute atomic E-state index is 0.0975. The van der Waals surface area contributed by atoms with Crippen molar-refractivity contribution in [3.8, 4) is 0 Å². The van der Waals surface area contributed by atoms with Crippen molar-refractivity contribution in [1.82, 2.24) is 0 Å². The van der Waals surface area contributed by atoms with Crippen LogP contribution in [0.4, 0.5) is 0 Å². The molecular weight excluding hydrogens is 224 g/mol. The Morgan fingerprint density at radius 1 is 1.12 bits per heavy atom. The molecule has 0 aromatic heterocycles. The highest BCUT2D eigenvalue weighted by Crippen LogP contribution is 2.13. The van der Waals surface area contributed by atoms with E-state index in [9.17, 15) is 13.2 Å². The largest absolute Gasteiger partial charge is 0.299 e. The van der Waals surface area contributed by atoms with Crippen LogP contribution in [0.25, 0.3) is 0 Å². The van der Waals surface area contributed by atoms with Gasteiger partial charge in [-0.25, -0.2) is 8.42 Å². The molecule has 0 aliphatic carbocycles. The molecule has 0 radical (unpaired) electrons. The molecule has 3 nitrogen and oxygen atoms in total. The number of benzene rings is 1. The lowest BCUT2D eigenvalue weighted by Crippen LogP contribution is -2.04. The Morgan fingerprint density at radius 2 is 1.69 bits per heavy atom. The van der Waals surface area contributed by atoms with Gasteiger partial charge in [0.05, 0.1) is 10.6 Å². The summed E-state index contributed by atoms with van der Waals surface area (Å²) in [7, 11) is -3.13. The molecule has 0 aliphatic heterocycles. The second-order valence-electron chi connectivity index (χ2n) is 3.62. The molecule has 0 aliphatic rings. The van der Waals surface area contributed by atoms with Crippen LogP contribution in [0.1, 0.15) is 25.8 Å². The standard InChI is InChI=1S/C12H16O3S/c1-3-11(13)9-10-5-7-12(8-6-10)16(14,15)4-2/h5-8H,3-4,9H2,1-2H3. The minimum Gasteiger partial charge on any atom is -0.299 e. The van der Waals surface area contributed by atoms with E-state index in [-0.39, 0.29) is 11.5 Å². The Hall–Kier alpha value is -1.16. The summed E-state index contributed by atoms with van der Waals surface area (Å²) < 4.78 is 23.0. The van der Waals surface area contributed by atoms with Gasteiger partial charge in [-0.3, -0.25) is 4.79 Å². The maximum atomic E-state index is 11.5. The summed E-state index contributed by atoms with van der Waals surface area (Å²) in [5, 5.41) is 0. The Kier molecular flexibility index (Phi) is 4.24. The molecule has 0 saturated heterocycles. The van der Waals surface area contributed by atoms with E-state index in [4.69, 9.17) is 0 Å². The lowest BCUT2D eigenvalue weighted by Gasteiger charge is -2.03. The summed E-state index contributed by atoms with van der Waals surface area (Å²) in [4.78, 5) is 11.5. The molecule has 0 N–H and O–H groups in total. The van der Waals surface area contributed by atoms with Crippen LogP contribution in [0.15, 0.2) is 29.2 Å². The van der Waals surface area contributed by atoms with E-state index in [0.29, 0.717) is 17.7 Å². The van der Waals surface area contributed by atoms with Crippen molar-refractivity contribution in [2.24, 2.45) is 0 Å². The monoisotopic (exact) mass is 240 g/mol. The number of ketones is 1. The summed E-state index contributed by atoms with van der Waals surface area (Å²) in [5.74, 6) is 0.256. The highest BCUT2D eigenvalue weighted by molar-refractivity contribution is 7.91. The molecule has 16 heavy (non-hydrogen) atoms. The van der Waals surface area contributed by atoms with E-state index in [1.54, 1.807) is 31.2 Å². The predicted octanol–water partition coefficient (Wildman–Crippen LogP) is 2.00. The second kappa shape index (κ2) is 5.25. The maximum absolute atomic E-state index is 11.5. The van der Waals surface area contributed by atoms with E-state index in [1.165, 1.54) is 0 Å². The van der Waals surface area contributed by atoms with Crippen LogP contribution in [-0.2, 0) is 21.1 Å². The first-order chi connectivity index (χ1) is 7.49. The number of sulfone groups is 1. The van der Waals surface area contributed by atoms with Crippen LogP contribution in [0, 0.1) is 0 Å². The highest BCUT2D eigenvalue weighted by Gasteiger charge is 2.11. The summed E-state index contributed by atoms with van der Waals surface area (Å²) in [6, 6.07) is 6.54. The minimum atomic E-state index is -3.13. The zero-order valence-corrected chi connectivity index (χ0v) is 10.4. The lowest BCUT2D eigenvalue weighted by atomic mass is 10.1. The highest BCUT2D eigenvalue weighted by atomic mass is 32.2. The predicted molar refractivity (Wildman–Crippen MR) is 63.2 cm³/mol. The van der Waals surface area contributed by atoms with Crippen LogP contribution >= 0.6 is 0 Å². The fourth-order valence-corrected chi connectivity index (χ4v) is 2.22. The quantitative estimate of drug-likeness (QED) is 0.791. The van der Waals surface area contributed by atoms with Crippen LogP contribution in [0.3, 0.4) is 0 Å². The number of hydrogen-bond donors (Lipinski definition) is 0. The average Bonchev–Trinajstić information content (AvgIpc) is 2.29. The molecular formula is C12H16O3S. The van der Waals surface area contributed by atoms with Gasteiger partial charge in [0.1, 0.15) is 5.78 Å². The first-order valence-corrected chi connectivity index (χ1v) is 6.98.